The first kappa shape index (κ1) is 17.8. The van der Waals surface area contributed by atoms with Crippen LogP contribution in [-0.4, -0.2) is 40.5 Å². The molecule has 1 N–H and O–H groups in total. The molecule has 2 aromatic rings. The van der Waals surface area contributed by atoms with E-state index in [0.29, 0.717) is 12.5 Å². The molecular formula is C21H23F3N4. The van der Waals surface area contributed by atoms with Crippen LogP contribution >= 0.6 is 0 Å². The van der Waals surface area contributed by atoms with Crippen molar-refractivity contribution in [2.45, 2.75) is 44.4 Å². The Morgan fingerprint density at radius 1 is 1.25 bits per heavy atom. The standard InChI is InChI=1S/C21H23F3N4/c22-21(23,24)19-6-5-14(12-25-19)7-10-27-8-2-4-16-17-13-28-9-1-3-15(28)11-18(17)26-20(16)27/h2,4-6,12,15,26H,1,3,7-11,13H2. The van der Waals surface area contributed by atoms with Gasteiger partial charge in [0.25, 0.3) is 0 Å². The Bertz CT molecular complexity index is 898. The summed E-state index contributed by atoms with van der Waals surface area (Å²) in [4.78, 5) is 12.1. The fourth-order valence-corrected chi connectivity index (χ4v) is 4.74. The third-order valence-corrected chi connectivity index (χ3v) is 6.23. The lowest BCUT2D eigenvalue weighted by Gasteiger charge is -2.30. The van der Waals surface area contributed by atoms with Crippen LogP contribution in [0.1, 0.15) is 40.9 Å². The fraction of sp³-hybridized carbons (Fsp3) is 0.476. The van der Waals surface area contributed by atoms with Gasteiger partial charge < -0.3 is 9.88 Å². The molecule has 5 rings (SSSR count). The largest absolute Gasteiger partial charge is 0.433 e. The van der Waals surface area contributed by atoms with Crippen LogP contribution in [0.4, 0.5) is 19.0 Å². The summed E-state index contributed by atoms with van der Waals surface area (Å²) in [7, 11) is 0. The van der Waals surface area contributed by atoms with Crippen LogP contribution in [0.15, 0.2) is 24.4 Å². The van der Waals surface area contributed by atoms with E-state index in [-0.39, 0.29) is 0 Å². The van der Waals surface area contributed by atoms with Gasteiger partial charge in [-0.3, -0.25) is 9.88 Å². The van der Waals surface area contributed by atoms with Crippen molar-refractivity contribution in [1.82, 2.24) is 14.9 Å². The number of halogens is 3. The minimum absolute atomic E-state index is 0.664. The summed E-state index contributed by atoms with van der Waals surface area (Å²) in [5.41, 5.74) is 4.06. The molecule has 0 amide bonds. The van der Waals surface area contributed by atoms with Crippen molar-refractivity contribution in [1.29, 1.82) is 0 Å². The van der Waals surface area contributed by atoms with Crippen LogP contribution in [0.25, 0.3) is 6.08 Å². The molecule has 5 heterocycles. The third kappa shape index (κ3) is 3.11. The van der Waals surface area contributed by atoms with Crippen LogP contribution in [0.3, 0.4) is 0 Å². The highest BCUT2D eigenvalue weighted by Gasteiger charge is 2.34. The molecule has 1 unspecified atom stereocenters. The van der Waals surface area contributed by atoms with Crippen molar-refractivity contribution in [2.75, 3.05) is 24.5 Å². The number of rotatable bonds is 3. The Kier molecular flexibility index (Phi) is 4.23. The van der Waals surface area contributed by atoms with Crippen LogP contribution in [0.2, 0.25) is 0 Å². The molecule has 0 aliphatic carbocycles. The first-order chi connectivity index (χ1) is 13.5. The molecule has 0 bridgehead atoms. The van der Waals surface area contributed by atoms with E-state index >= 15 is 0 Å². The number of hydrogen-bond donors (Lipinski definition) is 1. The Labute approximate surface area is 162 Å². The number of aromatic nitrogens is 2. The molecule has 7 heteroatoms. The van der Waals surface area contributed by atoms with Crippen LogP contribution < -0.4 is 4.90 Å². The molecule has 0 spiro atoms. The molecule has 2 aromatic heterocycles. The lowest BCUT2D eigenvalue weighted by Crippen LogP contribution is -2.35. The molecular weight excluding hydrogens is 365 g/mol. The zero-order valence-corrected chi connectivity index (χ0v) is 15.6. The number of hydrogen-bond acceptors (Lipinski definition) is 3. The van der Waals surface area contributed by atoms with E-state index in [1.165, 1.54) is 48.5 Å². The highest BCUT2D eigenvalue weighted by Crippen LogP contribution is 2.38. The zero-order chi connectivity index (χ0) is 19.3. The molecule has 0 aromatic carbocycles. The number of fused-ring (bicyclic) bond motifs is 4. The van der Waals surface area contributed by atoms with E-state index < -0.39 is 11.9 Å². The number of nitrogens with one attached hydrogen (secondary N) is 1. The average molecular weight is 388 g/mol. The summed E-state index contributed by atoms with van der Waals surface area (Å²) >= 11 is 0. The Balaban J connectivity index is 1.32. The Hall–Kier alpha value is -2.28. The maximum absolute atomic E-state index is 12.7. The summed E-state index contributed by atoms with van der Waals surface area (Å²) in [6.45, 7) is 3.77. The number of anilines is 1. The Morgan fingerprint density at radius 3 is 2.93 bits per heavy atom. The van der Waals surface area contributed by atoms with Gasteiger partial charge in [0.15, 0.2) is 0 Å². The van der Waals surface area contributed by atoms with E-state index in [1.54, 1.807) is 0 Å². The molecule has 0 saturated carbocycles. The molecule has 1 fully saturated rings. The van der Waals surface area contributed by atoms with Gasteiger partial charge in [0, 0.05) is 49.6 Å². The second-order valence-electron chi connectivity index (χ2n) is 7.96. The van der Waals surface area contributed by atoms with E-state index in [0.717, 1.165) is 43.5 Å². The van der Waals surface area contributed by atoms with Gasteiger partial charge in [0.1, 0.15) is 11.5 Å². The number of alkyl halides is 3. The molecule has 4 nitrogen and oxygen atoms in total. The quantitative estimate of drug-likeness (QED) is 0.863. The minimum atomic E-state index is -4.39. The van der Waals surface area contributed by atoms with Crippen LogP contribution in [-0.2, 0) is 25.6 Å². The Morgan fingerprint density at radius 2 is 2.14 bits per heavy atom. The first-order valence-electron chi connectivity index (χ1n) is 9.90. The minimum Gasteiger partial charge on any atom is -0.354 e. The molecule has 1 atom stereocenters. The number of pyridine rings is 1. The highest BCUT2D eigenvalue weighted by molar-refractivity contribution is 5.73. The van der Waals surface area contributed by atoms with Crippen LogP contribution in [0, 0.1) is 0 Å². The fourth-order valence-electron chi connectivity index (χ4n) is 4.74. The van der Waals surface area contributed by atoms with Gasteiger partial charge in [-0.25, -0.2) is 0 Å². The lowest BCUT2D eigenvalue weighted by molar-refractivity contribution is -0.141. The predicted molar refractivity (Wildman–Crippen MR) is 102 cm³/mol. The predicted octanol–water partition coefficient (Wildman–Crippen LogP) is 4.02. The molecule has 1 saturated heterocycles. The van der Waals surface area contributed by atoms with Gasteiger partial charge >= 0.3 is 6.18 Å². The normalized spacial score (nSPS) is 21.5. The topological polar surface area (TPSA) is 35.2 Å². The van der Waals surface area contributed by atoms with E-state index in [1.807, 2.05) is 0 Å². The van der Waals surface area contributed by atoms with E-state index in [2.05, 4.69) is 31.9 Å². The second-order valence-corrected chi connectivity index (χ2v) is 7.96. The van der Waals surface area contributed by atoms with Gasteiger partial charge in [-0.05, 0) is 43.0 Å². The highest BCUT2D eigenvalue weighted by atomic mass is 19.4. The first-order valence-corrected chi connectivity index (χ1v) is 9.90. The van der Waals surface area contributed by atoms with E-state index in [9.17, 15) is 13.2 Å². The van der Waals surface area contributed by atoms with Crippen molar-refractivity contribution in [3.63, 3.8) is 0 Å². The summed E-state index contributed by atoms with van der Waals surface area (Å²) < 4.78 is 38.0. The monoisotopic (exact) mass is 388 g/mol. The zero-order valence-electron chi connectivity index (χ0n) is 15.6. The number of aromatic amines is 1. The van der Waals surface area contributed by atoms with Crippen LogP contribution in [0.5, 0.6) is 0 Å². The third-order valence-electron chi connectivity index (χ3n) is 6.23. The van der Waals surface area contributed by atoms with Crippen molar-refractivity contribution in [2.24, 2.45) is 0 Å². The van der Waals surface area contributed by atoms with Gasteiger partial charge in [-0.15, -0.1) is 0 Å². The number of nitrogens with zero attached hydrogens (tertiary/aromatic N) is 3. The maximum atomic E-state index is 12.7. The molecule has 148 valence electrons. The van der Waals surface area contributed by atoms with Crippen molar-refractivity contribution >= 4 is 11.9 Å². The van der Waals surface area contributed by atoms with Crippen molar-refractivity contribution in [3.8, 4) is 0 Å². The molecule has 3 aliphatic rings. The number of H-pyrrole nitrogens is 1. The summed E-state index contributed by atoms with van der Waals surface area (Å²) in [6, 6.07) is 3.27. The SMILES string of the molecule is FC(F)(F)c1ccc(CCN2CC=Cc3c2[nH]c2c3CN3CCCC3C2)cn1. The van der Waals surface area contributed by atoms with Gasteiger partial charge in [0.05, 0.1) is 0 Å². The lowest BCUT2D eigenvalue weighted by atomic mass is 9.97. The summed E-state index contributed by atoms with van der Waals surface area (Å²) in [5, 5.41) is 0. The van der Waals surface area contributed by atoms with Gasteiger partial charge in [-0.1, -0.05) is 18.2 Å². The average Bonchev–Trinajstić information content (AvgIpc) is 3.28. The maximum Gasteiger partial charge on any atom is 0.433 e. The van der Waals surface area contributed by atoms with Gasteiger partial charge in [0.2, 0.25) is 0 Å². The molecule has 0 radical (unpaired) electrons. The van der Waals surface area contributed by atoms with Gasteiger partial charge in [-0.2, -0.15) is 13.2 Å². The molecule has 3 aliphatic heterocycles. The van der Waals surface area contributed by atoms with Crippen molar-refractivity contribution in [3.05, 3.63) is 52.5 Å². The summed E-state index contributed by atoms with van der Waals surface area (Å²) in [6.07, 6.45) is 5.68. The van der Waals surface area contributed by atoms with Crippen molar-refractivity contribution < 1.29 is 13.2 Å². The second kappa shape index (κ2) is 6.65. The molecule has 28 heavy (non-hydrogen) atoms. The smallest absolute Gasteiger partial charge is 0.354 e. The summed E-state index contributed by atoms with van der Waals surface area (Å²) in [5.74, 6) is 1.16. The van der Waals surface area contributed by atoms with E-state index in [4.69, 9.17) is 0 Å².